The molecule has 3 aromatic rings. The number of hydrogen-bond acceptors (Lipinski definition) is 10. The molecule has 0 unspecified atom stereocenters. The summed E-state index contributed by atoms with van der Waals surface area (Å²) < 4.78 is 15.4. The molecule has 34 heavy (non-hydrogen) atoms. The second-order valence-electron chi connectivity index (χ2n) is 7.45. The minimum Gasteiger partial charge on any atom is -0.465 e. The van der Waals surface area contributed by atoms with Gasteiger partial charge in [-0.2, -0.15) is 4.98 Å². The summed E-state index contributed by atoms with van der Waals surface area (Å²) in [6.45, 7) is 4.18. The minimum absolute atomic E-state index is 0.101. The number of rotatable bonds is 9. The average molecular weight is 466 g/mol. The first-order chi connectivity index (χ1) is 16.3. The van der Waals surface area contributed by atoms with Crippen LogP contribution in [0.1, 0.15) is 34.6 Å². The third-order valence-electron chi connectivity index (χ3n) is 4.39. The first kappa shape index (κ1) is 24.1. The van der Waals surface area contributed by atoms with Crippen LogP contribution >= 0.6 is 0 Å². The molecular weight excluding hydrogens is 444 g/mol. The van der Waals surface area contributed by atoms with E-state index in [-0.39, 0.29) is 23.4 Å². The predicted molar refractivity (Wildman–Crippen MR) is 121 cm³/mol. The zero-order valence-corrected chi connectivity index (χ0v) is 18.7. The van der Waals surface area contributed by atoms with Crippen molar-refractivity contribution < 1.29 is 28.7 Å². The summed E-state index contributed by atoms with van der Waals surface area (Å²) in [4.78, 5) is 42.5. The van der Waals surface area contributed by atoms with Crippen LogP contribution in [-0.2, 0) is 9.47 Å². The van der Waals surface area contributed by atoms with Crippen LogP contribution in [0.3, 0.4) is 0 Å². The maximum atomic E-state index is 12.1. The van der Waals surface area contributed by atoms with E-state index >= 15 is 0 Å². The summed E-state index contributed by atoms with van der Waals surface area (Å²) in [6, 6.07) is 12.1. The van der Waals surface area contributed by atoms with Crippen molar-refractivity contribution in [2.75, 3.05) is 19.0 Å². The minimum atomic E-state index is -0.669. The normalized spacial score (nSPS) is 10.5. The molecule has 0 atom stereocenters. The predicted octanol–water partition coefficient (Wildman–Crippen LogP) is 4.52. The van der Waals surface area contributed by atoms with Crippen LogP contribution in [0.2, 0.25) is 0 Å². The van der Waals surface area contributed by atoms with E-state index in [1.54, 1.807) is 12.1 Å². The highest BCUT2D eigenvalue weighted by Gasteiger charge is 2.25. The number of ether oxygens (including phenoxy) is 3. The number of anilines is 2. The molecule has 0 spiro atoms. The van der Waals surface area contributed by atoms with Crippen molar-refractivity contribution in [1.82, 2.24) is 9.97 Å². The van der Waals surface area contributed by atoms with E-state index in [2.05, 4.69) is 20.0 Å². The molecule has 0 aliphatic rings. The molecule has 11 heteroatoms. The molecule has 1 aromatic heterocycles. The van der Waals surface area contributed by atoms with Gasteiger partial charge in [-0.1, -0.05) is 13.8 Å². The first-order valence-electron chi connectivity index (χ1n) is 10.2. The maximum Gasteiger partial charge on any atom is 0.373 e. The lowest BCUT2D eigenvalue weighted by atomic mass is 10.2. The number of carbonyl (C=O) groups excluding carboxylic acids is 2. The van der Waals surface area contributed by atoms with Crippen molar-refractivity contribution in [3.05, 3.63) is 76.1 Å². The van der Waals surface area contributed by atoms with Gasteiger partial charge >= 0.3 is 23.5 Å². The van der Waals surface area contributed by atoms with E-state index < -0.39 is 22.5 Å². The Labute approximate surface area is 194 Å². The Hall–Kier alpha value is -4.54. The van der Waals surface area contributed by atoms with Gasteiger partial charge in [0, 0.05) is 5.69 Å². The second-order valence-corrected chi connectivity index (χ2v) is 7.45. The molecule has 2 aromatic carbocycles. The Morgan fingerprint density at radius 2 is 1.62 bits per heavy atom. The van der Waals surface area contributed by atoms with Gasteiger partial charge in [0.25, 0.3) is 0 Å². The van der Waals surface area contributed by atoms with Gasteiger partial charge in [-0.25, -0.2) is 14.6 Å². The molecule has 0 saturated carbocycles. The van der Waals surface area contributed by atoms with Crippen LogP contribution in [0.5, 0.6) is 11.6 Å². The molecule has 1 N–H and O–H groups in total. The first-order valence-corrected chi connectivity index (χ1v) is 10.2. The lowest BCUT2D eigenvalue weighted by molar-refractivity contribution is -0.385. The molecule has 1 heterocycles. The Kier molecular flexibility index (Phi) is 7.70. The molecule has 0 aliphatic carbocycles. The third-order valence-corrected chi connectivity index (χ3v) is 4.39. The Balaban J connectivity index is 1.79. The average Bonchev–Trinajstić information content (AvgIpc) is 2.83. The number of esters is 2. The fourth-order valence-electron chi connectivity index (χ4n) is 2.73. The molecule has 0 radical (unpaired) electrons. The van der Waals surface area contributed by atoms with E-state index in [0.29, 0.717) is 23.4 Å². The number of nitrogens with zero attached hydrogens (tertiary/aromatic N) is 3. The zero-order chi connectivity index (χ0) is 24.7. The van der Waals surface area contributed by atoms with Crippen molar-refractivity contribution >= 4 is 29.1 Å². The van der Waals surface area contributed by atoms with Crippen LogP contribution in [0.25, 0.3) is 0 Å². The summed E-state index contributed by atoms with van der Waals surface area (Å²) in [5, 5.41) is 14.6. The lowest BCUT2D eigenvalue weighted by Gasteiger charge is -2.10. The molecule has 11 nitrogen and oxygen atoms in total. The SMILES string of the molecule is COC(=O)c1ccc(Oc2ncnc(Nc3ccc(C(=O)OCC(C)C)cc3)c2[N+](=O)[O-])cc1. The van der Waals surface area contributed by atoms with E-state index in [1.807, 2.05) is 13.8 Å². The molecular formula is C23H22N4O7. The van der Waals surface area contributed by atoms with Gasteiger partial charge in [-0.15, -0.1) is 0 Å². The number of nitrogens with one attached hydrogen (secondary N) is 1. The van der Waals surface area contributed by atoms with Crippen LogP contribution in [0.15, 0.2) is 54.9 Å². The molecule has 0 fully saturated rings. The lowest BCUT2D eigenvalue weighted by Crippen LogP contribution is -2.10. The van der Waals surface area contributed by atoms with Gasteiger partial charge in [0.1, 0.15) is 12.1 Å². The topological polar surface area (TPSA) is 143 Å². The Morgan fingerprint density at radius 3 is 2.21 bits per heavy atom. The maximum absolute atomic E-state index is 12.1. The summed E-state index contributed by atoms with van der Waals surface area (Å²) >= 11 is 0. The number of aromatic nitrogens is 2. The number of nitro groups is 1. The van der Waals surface area contributed by atoms with Crippen LogP contribution in [0.4, 0.5) is 17.2 Å². The van der Waals surface area contributed by atoms with Gasteiger partial charge < -0.3 is 19.5 Å². The van der Waals surface area contributed by atoms with Crippen molar-refractivity contribution in [2.24, 2.45) is 5.92 Å². The van der Waals surface area contributed by atoms with Crippen molar-refractivity contribution in [3.8, 4) is 11.6 Å². The van der Waals surface area contributed by atoms with Gasteiger partial charge in [0.15, 0.2) is 0 Å². The van der Waals surface area contributed by atoms with Crippen molar-refractivity contribution in [1.29, 1.82) is 0 Å². The van der Waals surface area contributed by atoms with Crippen molar-refractivity contribution in [3.63, 3.8) is 0 Å². The van der Waals surface area contributed by atoms with E-state index in [1.165, 1.54) is 43.5 Å². The fourth-order valence-corrected chi connectivity index (χ4v) is 2.73. The quantitative estimate of drug-likeness (QED) is 0.271. The van der Waals surface area contributed by atoms with Gasteiger partial charge in [-0.3, -0.25) is 10.1 Å². The van der Waals surface area contributed by atoms with Crippen LogP contribution in [-0.4, -0.2) is 40.5 Å². The fraction of sp³-hybridized carbons (Fsp3) is 0.217. The van der Waals surface area contributed by atoms with Gasteiger partial charge in [-0.05, 0) is 54.4 Å². The van der Waals surface area contributed by atoms with Crippen LogP contribution in [0, 0.1) is 16.0 Å². The van der Waals surface area contributed by atoms with E-state index in [0.717, 1.165) is 6.33 Å². The zero-order valence-electron chi connectivity index (χ0n) is 18.7. The van der Waals surface area contributed by atoms with Crippen LogP contribution < -0.4 is 10.1 Å². The largest absolute Gasteiger partial charge is 0.465 e. The molecule has 176 valence electrons. The number of hydrogen-bond donors (Lipinski definition) is 1. The highest BCUT2D eigenvalue weighted by atomic mass is 16.6. The van der Waals surface area contributed by atoms with E-state index in [4.69, 9.17) is 9.47 Å². The Morgan fingerprint density at radius 1 is 1.00 bits per heavy atom. The second kappa shape index (κ2) is 10.9. The number of carbonyl (C=O) groups is 2. The summed E-state index contributed by atoms with van der Waals surface area (Å²) in [7, 11) is 1.26. The summed E-state index contributed by atoms with van der Waals surface area (Å²) in [6.07, 6.45) is 1.12. The summed E-state index contributed by atoms with van der Waals surface area (Å²) in [5.74, 6) is -0.930. The Bertz CT molecular complexity index is 1180. The van der Waals surface area contributed by atoms with Crippen molar-refractivity contribution in [2.45, 2.75) is 13.8 Å². The van der Waals surface area contributed by atoms with Gasteiger partial charge in [0.2, 0.25) is 5.82 Å². The molecule has 3 rings (SSSR count). The number of benzene rings is 2. The highest BCUT2D eigenvalue weighted by Crippen LogP contribution is 2.35. The van der Waals surface area contributed by atoms with Gasteiger partial charge in [0.05, 0.1) is 29.8 Å². The smallest absolute Gasteiger partial charge is 0.373 e. The monoisotopic (exact) mass is 466 g/mol. The molecule has 0 amide bonds. The molecule has 0 aliphatic heterocycles. The molecule has 0 saturated heterocycles. The highest BCUT2D eigenvalue weighted by molar-refractivity contribution is 5.90. The molecule has 0 bridgehead atoms. The summed E-state index contributed by atoms with van der Waals surface area (Å²) in [5.41, 5.74) is 0.615. The number of methoxy groups -OCH3 is 1. The van der Waals surface area contributed by atoms with E-state index in [9.17, 15) is 19.7 Å². The third kappa shape index (κ3) is 6.03. The standard InChI is InChI=1S/C23H22N4O7/c1-14(2)12-33-23(29)16-4-8-17(9-5-16)26-20-19(27(30)31)21(25-13-24-20)34-18-10-6-15(7-11-18)22(28)32-3/h4-11,13-14H,12H2,1-3H3,(H,24,25,26).